The maximum atomic E-state index is 13.7. The third-order valence-electron chi connectivity index (χ3n) is 2.99. The van der Waals surface area contributed by atoms with Gasteiger partial charge in [-0.3, -0.25) is 0 Å². The lowest BCUT2D eigenvalue weighted by Crippen LogP contribution is -2.12. The van der Waals surface area contributed by atoms with Gasteiger partial charge in [-0.15, -0.1) is 0 Å². The quantitative estimate of drug-likeness (QED) is 0.882. The number of aliphatic hydroxyl groups is 1. The molecule has 0 amide bonds. The van der Waals surface area contributed by atoms with Gasteiger partial charge in [0.05, 0.1) is 12.6 Å². The van der Waals surface area contributed by atoms with Crippen molar-refractivity contribution >= 4 is 5.69 Å². The van der Waals surface area contributed by atoms with Crippen LogP contribution >= 0.6 is 0 Å². The summed E-state index contributed by atoms with van der Waals surface area (Å²) in [6, 6.07) is 10.4. The number of hydrogen-bond donors (Lipinski definition) is 2. The number of anilines is 1. The van der Waals surface area contributed by atoms with Crippen LogP contribution in [-0.2, 0) is 6.61 Å². The van der Waals surface area contributed by atoms with Crippen LogP contribution in [0, 0.1) is 11.6 Å². The highest BCUT2D eigenvalue weighted by Crippen LogP contribution is 2.26. The number of para-hydroxylation sites is 1. The van der Waals surface area contributed by atoms with Crippen LogP contribution in [0.5, 0.6) is 0 Å². The Hall–Kier alpha value is -1.94. The first-order valence-corrected chi connectivity index (χ1v) is 6.02. The fourth-order valence-electron chi connectivity index (χ4n) is 2.03. The van der Waals surface area contributed by atoms with Gasteiger partial charge in [-0.25, -0.2) is 8.78 Å². The first kappa shape index (κ1) is 13.5. The van der Waals surface area contributed by atoms with Gasteiger partial charge in [-0.2, -0.15) is 0 Å². The van der Waals surface area contributed by atoms with Crippen LogP contribution in [0.4, 0.5) is 14.5 Å². The largest absolute Gasteiger partial charge is 0.392 e. The predicted octanol–water partition coefficient (Wildman–Crippen LogP) is 3.63. The SMILES string of the molecule is CC(Nc1ccccc1CO)c1c(F)cccc1F. The van der Waals surface area contributed by atoms with E-state index in [2.05, 4.69) is 5.32 Å². The third-order valence-corrected chi connectivity index (χ3v) is 2.99. The summed E-state index contributed by atoms with van der Waals surface area (Å²) in [7, 11) is 0. The molecular weight excluding hydrogens is 248 g/mol. The summed E-state index contributed by atoms with van der Waals surface area (Å²) in [6.07, 6.45) is 0. The smallest absolute Gasteiger partial charge is 0.131 e. The Kier molecular flexibility index (Phi) is 4.12. The molecule has 2 nitrogen and oxygen atoms in total. The van der Waals surface area contributed by atoms with Crippen molar-refractivity contribution < 1.29 is 13.9 Å². The minimum Gasteiger partial charge on any atom is -0.392 e. The second-order valence-electron chi connectivity index (χ2n) is 4.32. The number of rotatable bonds is 4. The maximum absolute atomic E-state index is 13.7. The van der Waals surface area contributed by atoms with E-state index in [0.717, 1.165) is 0 Å². The molecule has 0 aliphatic heterocycles. The van der Waals surface area contributed by atoms with E-state index < -0.39 is 17.7 Å². The molecule has 100 valence electrons. The van der Waals surface area contributed by atoms with Gasteiger partial charge in [0.1, 0.15) is 11.6 Å². The van der Waals surface area contributed by atoms with Crippen molar-refractivity contribution in [2.45, 2.75) is 19.6 Å². The van der Waals surface area contributed by atoms with Gasteiger partial charge in [-0.1, -0.05) is 24.3 Å². The fourth-order valence-corrected chi connectivity index (χ4v) is 2.03. The van der Waals surface area contributed by atoms with Gasteiger partial charge < -0.3 is 10.4 Å². The highest BCUT2D eigenvalue weighted by molar-refractivity contribution is 5.52. The Balaban J connectivity index is 2.28. The van der Waals surface area contributed by atoms with E-state index in [4.69, 9.17) is 0 Å². The molecule has 2 N–H and O–H groups in total. The molecule has 0 aromatic heterocycles. The standard InChI is InChI=1S/C15H15F2NO/c1-10(15-12(16)6-4-7-13(15)17)18-14-8-3-2-5-11(14)9-19/h2-8,10,18-19H,9H2,1H3. The van der Waals surface area contributed by atoms with Crippen LogP contribution in [-0.4, -0.2) is 5.11 Å². The molecule has 2 rings (SSSR count). The number of halogens is 2. The van der Waals surface area contributed by atoms with E-state index in [1.807, 2.05) is 0 Å². The number of nitrogens with one attached hydrogen (secondary N) is 1. The van der Waals surface area contributed by atoms with Crippen LogP contribution in [0.1, 0.15) is 24.1 Å². The summed E-state index contributed by atoms with van der Waals surface area (Å²) in [4.78, 5) is 0. The van der Waals surface area contributed by atoms with Crippen molar-refractivity contribution in [2.24, 2.45) is 0 Å². The van der Waals surface area contributed by atoms with Crippen LogP contribution in [0.3, 0.4) is 0 Å². The zero-order valence-corrected chi connectivity index (χ0v) is 10.5. The molecule has 0 aliphatic rings. The molecule has 0 spiro atoms. The van der Waals surface area contributed by atoms with Crippen molar-refractivity contribution in [1.82, 2.24) is 0 Å². The minimum absolute atomic E-state index is 0.00440. The zero-order valence-electron chi connectivity index (χ0n) is 10.5. The predicted molar refractivity (Wildman–Crippen MR) is 70.8 cm³/mol. The lowest BCUT2D eigenvalue weighted by Gasteiger charge is -2.19. The molecule has 0 saturated heterocycles. The van der Waals surface area contributed by atoms with Crippen molar-refractivity contribution in [3.63, 3.8) is 0 Å². The molecule has 2 aromatic rings. The Bertz CT molecular complexity index is 552. The molecule has 0 fully saturated rings. The minimum atomic E-state index is -0.582. The average molecular weight is 263 g/mol. The zero-order chi connectivity index (χ0) is 13.8. The molecular formula is C15H15F2NO. The summed E-state index contributed by atoms with van der Waals surface area (Å²) >= 11 is 0. The first-order chi connectivity index (χ1) is 9.13. The normalized spacial score (nSPS) is 12.2. The number of aliphatic hydroxyl groups excluding tert-OH is 1. The summed E-state index contributed by atoms with van der Waals surface area (Å²) in [6.45, 7) is 1.55. The maximum Gasteiger partial charge on any atom is 0.131 e. The van der Waals surface area contributed by atoms with Gasteiger partial charge in [0.25, 0.3) is 0 Å². The average Bonchev–Trinajstić information content (AvgIpc) is 2.39. The second-order valence-corrected chi connectivity index (χ2v) is 4.32. The van der Waals surface area contributed by atoms with E-state index >= 15 is 0 Å². The van der Waals surface area contributed by atoms with Gasteiger partial charge in [-0.05, 0) is 25.1 Å². The number of hydrogen-bond acceptors (Lipinski definition) is 2. The first-order valence-electron chi connectivity index (χ1n) is 6.02. The summed E-state index contributed by atoms with van der Waals surface area (Å²) in [5.41, 5.74) is 1.35. The monoisotopic (exact) mass is 263 g/mol. The Morgan fingerprint density at radius 2 is 1.68 bits per heavy atom. The summed E-state index contributed by atoms with van der Waals surface area (Å²) in [5.74, 6) is -1.16. The van der Waals surface area contributed by atoms with Gasteiger partial charge in [0, 0.05) is 16.8 Å². The molecule has 0 bridgehead atoms. The van der Waals surface area contributed by atoms with E-state index in [9.17, 15) is 13.9 Å². The fraction of sp³-hybridized carbons (Fsp3) is 0.200. The van der Waals surface area contributed by atoms with Gasteiger partial charge in [0.2, 0.25) is 0 Å². The van der Waals surface area contributed by atoms with E-state index in [1.165, 1.54) is 18.2 Å². The van der Waals surface area contributed by atoms with Gasteiger partial charge in [0.15, 0.2) is 0 Å². The highest BCUT2D eigenvalue weighted by Gasteiger charge is 2.16. The molecule has 1 atom stereocenters. The van der Waals surface area contributed by atoms with Crippen LogP contribution in [0.15, 0.2) is 42.5 Å². The third kappa shape index (κ3) is 2.90. The second kappa shape index (κ2) is 5.80. The molecule has 19 heavy (non-hydrogen) atoms. The lowest BCUT2D eigenvalue weighted by atomic mass is 10.1. The molecule has 0 aliphatic carbocycles. The van der Waals surface area contributed by atoms with Crippen LogP contribution in [0.25, 0.3) is 0 Å². The van der Waals surface area contributed by atoms with Crippen molar-refractivity contribution in [1.29, 1.82) is 0 Å². The van der Waals surface area contributed by atoms with E-state index in [-0.39, 0.29) is 12.2 Å². The highest BCUT2D eigenvalue weighted by atomic mass is 19.1. The number of benzene rings is 2. The van der Waals surface area contributed by atoms with Crippen molar-refractivity contribution in [3.8, 4) is 0 Å². The molecule has 2 aromatic carbocycles. The lowest BCUT2D eigenvalue weighted by molar-refractivity contribution is 0.282. The van der Waals surface area contributed by atoms with E-state index in [0.29, 0.717) is 11.3 Å². The molecule has 0 radical (unpaired) electrons. The Morgan fingerprint density at radius 3 is 2.32 bits per heavy atom. The summed E-state index contributed by atoms with van der Waals surface area (Å²) in [5, 5.41) is 12.2. The summed E-state index contributed by atoms with van der Waals surface area (Å²) < 4.78 is 27.3. The van der Waals surface area contributed by atoms with E-state index in [1.54, 1.807) is 31.2 Å². The van der Waals surface area contributed by atoms with Crippen LogP contribution in [0.2, 0.25) is 0 Å². The molecule has 4 heteroatoms. The topological polar surface area (TPSA) is 32.3 Å². The van der Waals surface area contributed by atoms with Crippen molar-refractivity contribution in [2.75, 3.05) is 5.32 Å². The van der Waals surface area contributed by atoms with Crippen LogP contribution < -0.4 is 5.32 Å². The Morgan fingerprint density at radius 1 is 1.05 bits per heavy atom. The Labute approximate surface area is 110 Å². The molecule has 0 heterocycles. The molecule has 0 saturated carbocycles. The van der Waals surface area contributed by atoms with Gasteiger partial charge >= 0.3 is 0 Å². The molecule has 1 unspecified atom stereocenters. The van der Waals surface area contributed by atoms with Crippen molar-refractivity contribution in [3.05, 3.63) is 65.2 Å².